The van der Waals surface area contributed by atoms with Crippen LogP contribution in [0.2, 0.25) is 0 Å². The normalized spacial score (nSPS) is 25.5. The maximum absolute atomic E-state index is 5.65. The number of nitrogens with zero attached hydrogens (tertiary/aromatic N) is 6. The van der Waals surface area contributed by atoms with E-state index in [0.717, 1.165) is 53.7 Å². The van der Waals surface area contributed by atoms with Gasteiger partial charge in [-0.3, -0.25) is 10.1 Å². The second kappa shape index (κ2) is 11.4. The van der Waals surface area contributed by atoms with Crippen molar-refractivity contribution in [3.63, 3.8) is 0 Å². The monoisotopic (exact) mass is 537 g/mol. The van der Waals surface area contributed by atoms with Crippen LogP contribution in [-0.2, 0) is 4.74 Å². The Morgan fingerprint density at radius 2 is 1.92 bits per heavy atom. The van der Waals surface area contributed by atoms with Crippen molar-refractivity contribution >= 4 is 22.5 Å². The van der Waals surface area contributed by atoms with Gasteiger partial charge in [0.15, 0.2) is 11.4 Å². The van der Waals surface area contributed by atoms with Gasteiger partial charge in [0.25, 0.3) is 0 Å². The van der Waals surface area contributed by atoms with Crippen LogP contribution in [0.3, 0.4) is 0 Å². The second-order valence-electron chi connectivity index (χ2n) is 11.1. The summed E-state index contributed by atoms with van der Waals surface area (Å²) in [6.07, 6.45) is 11.1. The van der Waals surface area contributed by atoms with Gasteiger partial charge in [-0.05, 0) is 56.4 Å². The third-order valence-electron chi connectivity index (χ3n) is 8.36. The van der Waals surface area contributed by atoms with Gasteiger partial charge in [0, 0.05) is 54.9 Å². The fourth-order valence-corrected chi connectivity index (χ4v) is 7.73. The molecule has 3 aromatic rings. The highest BCUT2D eigenvalue weighted by atomic mass is 32.2. The average molecular weight is 538 g/mol. The van der Waals surface area contributed by atoms with Crippen molar-refractivity contribution in [2.45, 2.75) is 69.6 Å². The van der Waals surface area contributed by atoms with Crippen molar-refractivity contribution in [2.75, 3.05) is 40.0 Å². The van der Waals surface area contributed by atoms with Crippen LogP contribution in [0.5, 0.6) is 5.75 Å². The van der Waals surface area contributed by atoms with E-state index in [2.05, 4.69) is 33.9 Å². The van der Waals surface area contributed by atoms with Crippen LogP contribution in [-0.4, -0.2) is 86.0 Å². The fraction of sp³-hybridized carbons (Fsp3) is 0.643. The number of hydrogen-bond donors (Lipinski definition) is 1. The number of aromatic amines is 1. The number of ether oxygens (including phenoxy) is 2. The zero-order valence-corrected chi connectivity index (χ0v) is 23.5. The summed E-state index contributed by atoms with van der Waals surface area (Å²) in [6.45, 7) is 9.56. The van der Waals surface area contributed by atoms with Gasteiger partial charge in [0.2, 0.25) is 0 Å². The zero-order chi connectivity index (χ0) is 26.1. The molecule has 1 aliphatic carbocycles. The zero-order valence-electron chi connectivity index (χ0n) is 22.7. The standard InChI is InChI=1S/C28H39N7O2S/c1-18(2)24-25(20-14-22(36-3)27-30-17-31-35(27)16-20)32-33-26(24)28-29-15-23(38-28)19-6-8-21(9-7-19)34-10-4-12-37-13-5-11-34/h14,16-19,21,23H,4-13,15H2,1-3H3,(H,32,33). The minimum Gasteiger partial charge on any atom is -0.493 e. The summed E-state index contributed by atoms with van der Waals surface area (Å²) in [5, 5.41) is 14.1. The predicted octanol–water partition coefficient (Wildman–Crippen LogP) is 4.78. The average Bonchev–Trinajstić information content (AvgIpc) is 3.67. The predicted molar refractivity (Wildman–Crippen MR) is 151 cm³/mol. The number of methoxy groups -OCH3 is 1. The molecular weight excluding hydrogens is 498 g/mol. The highest BCUT2D eigenvalue weighted by molar-refractivity contribution is 8.15. The molecule has 1 N–H and O–H groups in total. The van der Waals surface area contributed by atoms with Gasteiger partial charge in [-0.1, -0.05) is 25.6 Å². The van der Waals surface area contributed by atoms with E-state index in [9.17, 15) is 0 Å². The first-order valence-electron chi connectivity index (χ1n) is 14.1. The maximum atomic E-state index is 5.65. The van der Waals surface area contributed by atoms with Crippen LogP contribution in [0.4, 0.5) is 0 Å². The van der Waals surface area contributed by atoms with E-state index >= 15 is 0 Å². The Balaban J connectivity index is 1.15. The molecule has 0 spiro atoms. The maximum Gasteiger partial charge on any atom is 0.197 e. The quantitative estimate of drug-likeness (QED) is 0.484. The van der Waals surface area contributed by atoms with Gasteiger partial charge in [-0.25, -0.2) is 9.50 Å². The molecule has 0 amide bonds. The Morgan fingerprint density at radius 1 is 1.13 bits per heavy atom. The third-order valence-corrected chi connectivity index (χ3v) is 9.75. The molecule has 0 bridgehead atoms. The number of fused-ring (bicyclic) bond motifs is 1. The number of aliphatic imine (C=N–C) groups is 1. The topological polar surface area (TPSA) is 92.9 Å². The van der Waals surface area contributed by atoms with E-state index in [1.54, 1.807) is 18.0 Å². The Bertz CT molecular complexity index is 1270. The highest BCUT2D eigenvalue weighted by Crippen LogP contribution is 2.41. The molecule has 9 nitrogen and oxygen atoms in total. The summed E-state index contributed by atoms with van der Waals surface area (Å²) in [5.41, 5.74) is 4.85. The van der Waals surface area contributed by atoms with Gasteiger partial charge in [0.1, 0.15) is 11.4 Å². The summed E-state index contributed by atoms with van der Waals surface area (Å²) < 4.78 is 13.0. The first-order valence-corrected chi connectivity index (χ1v) is 15.0. The third kappa shape index (κ3) is 5.10. The summed E-state index contributed by atoms with van der Waals surface area (Å²) in [5.74, 6) is 1.71. The molecule has 5 heterocycles. The Labute approximate surface area is 228 Å². The van der Waals surface area contributed by atoms with E-state index < -0.39 is 0 Å². The molecule has 2 fully saturated rings. The van der Waals surface area contributed by atoms with Crippen LogP contribution in [0.25, 0.3) is 16.9 Å². The molecule has 204 valence electrons. The van der Waals surface area contributed by atoms with Crippen LogP contribution < -0.4 is 4.74 Å². The molecule has 3 aromatic heterocycles. The smallest absolute Gasteiger partial charge is 0.197 e. The van der Waals surface area contributed by atoms with Gasteiger partial charge in [-0.2, -0.15) is 10.2 Å². The number of rotatable bonds is 6. The Kier molecular flexibility index (Phi) is 7.72. The minimum atomic E-state index is 0.289. The number of aromatic nitrogens is 5. The molecule has 0 radical (unpaired) electrons. The van der Waals surface area contributed by atoms with Gasteiger partial charge in [0.05, 0.1) is 25.0 Å². The molecule has 2 aliphatic heterocycles. The van der Waals surface area contributed by atoms with Gasteiger partial charge >= 0.3 is 0 Å². The van der Waals surface area contributed by atoms with E-state index in [1.807, 2.05) is 24.0 Å². The number of pyridine rings is 1. The lowest BCUT2D eigenvalue weighted by Crippen LogP contribution is -2.42. The molecule has 6 rings (SSSR count). The van der Waals surface area contributed by atoms with Crippen LogP contribution in [0.1, 0.15) is 69.5 Å². The van der Waals surface area contributed by atoms with E-state index in [-0.39, 0.29) is 5.92 Å². The SMILES string of the molecule is COc1cc(-c2n[nH]c(C3=NCC(C4CCC(N5CCCOCCC5)CC4)S3)c2C(C)C)cn2ncnc12. The van der Waals surface area contributed by atoms with Crippen molar-refractivity contribution in [1.82, 2.24) is 29.7 Å². The molecule has 0 aromatic carbocycles. The van der Waals surface area contributed by atoms with E-state index in [0.29, 0.717) is 16.6 Å². The summed E-state index contributed by atoms with van der Waals surface area (Å²) in [7, 11) is 1.66. The number of nitrogens with one attached hydrogen (secondary N) is 1. The molecule has 1 atom stereocenters. The molecule has 1 saturated carbocycles. The first kappa shape index (κ1) is 25.8. The lowest BCUT2D eigenvalue weighted by Gasteiger charge is -2.39. The first-order chi connectivity index (χ1) is 18.6. The summed E-state index contributed by atoms with van der Waals surface area (Å²) in [6, 6.07) is 2.75. The Morgan fingerprint density at radius 3 is 2.66 bits per heavy atom. The number of H-pyrrole nitrogens is 1. The molecule has 10 heteroatoms. The van der Waals surface area contributed by atoms with Crippen LogP contribution >= 0.6 is 11.8 Å². The van der Waals surface area contributed by atoms with E-state index in [1.165, 1.54) is 57.2 Å². The van der Waals surface area contributed by atoms with Crippen molar-refractivity contribution in [3.8, 4) is 17.0 Å². The van der Waals surface area contributed by atoms with E-state index in [4.69, 9.17) is 19.6 Å². The van der Waals surface area contributed by atoms with Crippen molar-refractivity contribution in [3.05, 3.63) is 29.8 Å². The largest absolute Gasteiger partial charge is 0.493 e. The molecule has 1 unspecified atom stereocenters. The lowest BCUT2D eigenvalue weighted by atomic mass is 9.83. The summed E-state index contributed by atoms with van der Waals surface area (Å²) >= 11 is 1.96. The van der Waals surface area contributed by atoms with Crippen molar-refractivity contribution in [2.24, 2.45) is 10.9 Å². The van der Waals surface area contributed by atoms with Crippen LogP contribution in [0, 0.1) is 5.92 Å². The highest BCUT2D eigenvalue weighted by Gasteiger charge is 2.35. The van der Waals surface area contributed by atoms with Crippen molar-refractivity contribution in [1.29, 1.82) is 0 Å². The molecule has 3 aliphatic rings. The second-order valence-corrected chi connectivity index (χ2v) is 12.3. The molecular formula is C28H39N7O2S. The Hall–Kier alpha value is -2.43. The van der Waals surface area contributed by atoms with Gasteiger partial charge in [-0.15, -0.1) is 0 Å². The minimum absolute atomic E-state index is 0.289. The fourth-order valence-electron chi connectivity index (χ4n) is 6.40. The summed E-state index contributed by atoms with van der Waals surface area (Å²) in [4.78, 5) is 12.1. The van der Waals surface area contributed by atoms with Gasteiger partial charge < -0.3 is 14.4 Å². The van der Waals surface area contributed by atoms with Crippen LogP contribution in [0.15, 0.2) is 23.6 Å². The molecule has 38 heavy (non-hydrogen) atoms. The van der Waals surface area contributed by atoms with Crippen molar-refractivity contribution < 1.29 is 9.47 Å². The molecule has 1 saturated heterocycles. The lowest BCUT2D eigenvalue weighted by molar-refractivity contribution is 0.0599. The number of thioether (sulfide) groups is 1. The number of hydrogen-bond acceptors (Lipinski definition) is 8.